The Labute approximate surface area is 167 Å². The van der Waals surface area contributed by atoms with E-state index in [0.717, 1.165) is 49.5 Å². The van der Waals surface area contributed by atoms with Gasteiger partial charge in [0.1, 0.15) is 17.8 Å². The van der Waals surface area contributed by atoms with Crippen LogP contribution in [0, 0.1) is 13.8 Å². The van der Waals surface area contributed by atoms with Crippen LogP contribution in [0.5, 0.6) is 11.5 Å². The van der Waals surface area contributed by atoms with E-state index in [2.05, 4.69) is 36.6 Å². The average molecular weight is 383 g/mol. The number of methoxy groups -OCH3 is 2. The van der Waals surface area contributed by atoms with Crippen molar-refractivity contribution in [3.8, 4) is 11.5 Å². The molecule has 0 aliphatic carbocycles. The average Bonchev–Trinajstić information content (AvgIpc) is 2.72. The molecule has 0 aromatic heterocycles. The fourth-order valence-electron chi connectivity index (χ4n) is 4.25. The molecule has 0 bridgehead atoms. The van der Waals surface area contributed by atoms with Crippen LogP contribution in [0.1, 0.15) is 40.0 Å². The second-order valence-corrected chi connectivity index (χ2v) is 7.43. The highest BCUT2D eigenvalue weighted by molar-refractivity contribution is 5.78. The third-order valence-corrected chi connectivity index (χ3v) is 5.72. The molecule has 0 N–H and O–H groups in total. The van der Waals surface area contributed by atoms with Crippen LogP contribution in [-0.2, 0) is 0 Å². The van der Waals surface area contributed by atoms with E-state index in [0.29, 0.717) is 0 Å². The fraction of sp³-hybridized carbons (Fsp3) is 0.435. The van der Waals surface area contributed by atoms with Gasteiger partial charge in [0.15, 0.2) is 0 Å². The summed E-state index contributed by atoms with van der Waals surface area (Å²) in [6.45, 7) is 10.3. The summed E-state index contributed by atoms with van der Waals surface area (Å²) in [5, 5.41) is 0. The van der Waals surface area contributed by atoms with Crippen molar-refractivity contribution >= 4 is 12.0 Å². The predicted molar refractivity (Wildman–Crippen MR) is 113 cm³/mol. The third-order valence-electron chi connectivity index (χ3n) is 5.72. The highest BCUT2D eigenvalue weighted by Crippen LogP contribution is 2.34. The van der Waals surface area contributed by atoms with Gasteiger partial charge in [0, 0.05) is 55.1 Å². The van der Waals surface area contributed by atoms with Gasteiger partial charge in [-0.15, -0.1) is 0 Å². The quantitative estimate of drug-likeness (QED) is 0.706. The number of aryl methyl sites for hydroxylation is 2. The Hall–Kier alpha value is -2.53. The molecule has 0 unspecified atom stereocenters. The minimum Gasteiger partial charge on any atom is -0.497 e. The van der Waals surface area contributed by atoms with Crippen molar-refractivity contribution < 1.29 is 14.3 Å². The zero-order valence-corrected chi connectivity index (χ0v) is 17.5. The molecule has 2 aromatic rings. The van der Waals surface area contributed by atoms with E-state index < -0.39 is 0 Å². The summed E-state index contributed by atoms with van der Waals surface area (Å²) in [7, 11) is 3.38. The minimum atomic E-state index is 0.266. The number of carbonyl (C=O) groups is 1. The zero-order valence-electron chi connectivity index (χ0n) is 17.5. The summed E-state index contributed by atoms with van der Waals surface area (Å²) >= 11 is 0. The molecule has 1 saturated heterocycles. The van der Waals surface area contributed by atoms with Crippen LogP contribution in [-0.4, -0.2) is 51.6 Å². The lowest BCUT2D eigenvalue weighted by molar-refractivity contribution is 0.112. The van der Waals surface area contributed by atoms with Gasteiger partial charge in [-0.1, -0.05) is 6.07 Å². The SMILES string of the molecule is COc1ccc([C@@H](C)N2CCN(c3c(C)cc(C=O)cc3C)CC2)c(OC)c1. The van der Waals surface area contributed by atoms with Gasteiger partial charge in [-0.05, 0) is 50.1 Å². The first-order chi connectivity index (χ1) is 13.5. The van der Waals surface area contributed by atoms with E-state index in [1.54, 1.807) is 14.2 Å². The van der Waals surface area contributed by atoms with Gasteiger partial charge >= 0.3 is 0 Å². The molecule has 0 radical (unpaired) electrons. The lowest BCUT2D eigenvalue weighted by Crippen LogP contribution is -2.47. The summed E-state index contributed by atoms with van der Waals surface area (Å²) in [4.78, 5) is 16.0. The summed E-state index contributed by atoms with van der Waals surface area (Å²) in [5.74, 6) is 1.67. The number of aldehydes is 1. The normalized spacial score (nSPS) is 16.0. The van der Waals surface area contributed by atoms with Crippen LogP contribution in [0.15, 0.2) is 30.3 Å². The van der Waals surface area contributed by atoms with Crippen molar-refractivity contribution in [2.75, 3.05) is 45.3 Å². The zero-order chi connectivity index (χ0) is 20.3. The Morgan fingerprint density at radius 2 is 1.61 bits per heavy atom. The molecule has 0 saturated carbocycles. The van der Waals surface area contributed by atoms with E-state index >= 15 is 0 Å². The molecular formula is C23H30N2O3. The second kappa shape index (κ2) is 8.65. The van der Waals surface area contributed by atoms with Gasteiger partial charge in [-0.2, -0.15) is 0 Å². The van der Waals surface area contributed by atoms with Gasteiger partial charge < -0.3 is 14.4 Å². The lowest BCUT2D eigenvalue weighted by atomic mass is 10.0. The number of carbonyl (C=O) groups excluding carboxylic acids is 1. The predicted octanol–water partition coefficient (Wildman–Crippen LogP) is 4.02. The maximum Gasteiger partial charge on any atom is 0.150 e. The van der Waals surface area contributed by atoms with Crippen molar-refractivity contribution in [3.63, 3.8) is 0 Å². The second-order valence-electron chi connectivity index (χ2n) is 7.43. The summed E-state index contributed by atoms with van der Waals surface area (Å²) in [6.07, 6.45) is 0.922. The van der Waals surface area contributed by atoms with Crippen LogP contribution < -0.4 is 14.4 Å². The summed E-state index contributed by atoms with van der Waals surface area (Å²) in [6, 6.07) is 10.3. The van der Waals surface area contributed by atoms with Crippen molar-refractivity contribution in [3.05, 3.63) is 52.6 Å². The van der Waals surface area contributed by atoms with Gasteiger partial charge in [0.2, 0.25) is 0 Å². The minimum absolute atomic E-state index is 0.266. The van der Waals surface area contributed by atoms with Gasteiger partial charge in [-0.25, -0.2) is 0 Å². The number of anilines is 1. The van der Waals surface area contributed by atoms with E-state index in [-0.39, 0.29) is 6.04 Å². The molecule has 1 fully saturated rings. The molecule has 3 rings (SSSR count). The van der Waals surface area contributed by atoms with Gasteiger partial charge in [0.05, 0.1) is 14.2 Å². The number of hydrogen-bond donors (Lipinski definition) is 0. The van der Waals surface area contributed by atoms with E-state index in [4.69, 9.17) is 9.47 Å². The highest BCUT2D eigenvalue weighted by Gasteiger charge is 2.25. The largest absolute Gasteiger partial charge is 0.497 e. The molecule has 1 aliphatic heterocycles. The smallest absolute Gasteiger partial charge is 0.150 e. The maximum atomic E-state index is 11.1. The molecule has 5 nitrogen and oxygen atoms in total. The van der Waals surface area contributed by atoms with Crippen LogP contribution in [0.4, 0.5) is 5.69 Å². The van der Waals surface area contributed by atoms with Crippen LogP contribution in [0.25, 0.3) is 0 Å². The molecule has 0 spiro atoms. The first-order valence-electron chi connectivity index (χ1n) is 9.75. The Kier molecular flexibility index (Phi) is 6.25. The maximum absolute atomic E-state index is 11.1. The Balaban J connectivity index is 1.73. The Morgan fingerprint density at radius 3 is 2.14 bits per heavy atom. The van der Waals surface area contributed by atoms with E-state index in [9.17, 15) is 4.79 Å². The first-order valence-corrected chi connectivity index (χ1v) is 9.75. The first kappa shape index (κ1) is 20.2. The fourth-order valence-corrected chi connectivity index (χ4v) is 4.25. The molecular weight excluding hydrogens is 352 g/mol. The molecule has 2 aromatic carbocycles. The van der Waals surface area contributed by atoms with Crippen LogP contribution in [0.2, 0.25) is 0 Å². The standard InChI is InChI=1S/C23H30N2O3/c1-16-12-19(15-26)13-17(2)23(16)25-10-8-24(9-11-25)18(3)21-7-6-20(27-4)14-22(21)28-5/h6-7,12-15,18H,8-11H2,1-5H3/t18-/m1/s1. The highest BCUT2D eigenvalue weighted by atomic mass is 16.5. The lowest BCUT2D eigenvalue weighted by Gasteiger charge is -2.40. The number of ether oxygens (including phenoxy) is 2. The monoisotopic (exact) mass is 382 g/mol. The number of benzene rings is 2. The van der Waals surface area contributed by atoms with Crippen LogP contribution >= 0.6 is 0 Å². The number of hydrogen-bond acceptors (Lipinski definition) is 5. The molecule has 28 heavy (non-hydrogen) atoms. The van der Waals surface area contributed by atoms with Crippen molar-refractivity contribution in [1.82, 2.24) is 4.90 Å². The Morgan fingerprint density at radius 1 is 0.964 bits per heavy atom. The van der Waals surface area contributed by atoms with E-state index in [1.807, 2.05) is 24.3 Å². The molecule has 0 amide bonds. The number of rotatable bonds is 6. The Bertz CT molecular complexity index is 819. The summed E-state index contributed by atoms with van der Waals surface area (Å²) in [5.41, 5.74) is 5.53. The van der Waals surface area contributed by atoms with Crippen molar-refractivity contribution in [1.29, 1.82) is 0 Å². The molecule has 150 valence electrons. The molecule has 1 heterocycles. The molecule has 1 aliphatic rings. The van der Waals surface area contributed by atoms with E-state index in [1.165, 1.54) is 22.4 Å². The topological polar surface area (TPSA) is 42.0 Å². The number of nitrogens with zero attached hydrogens (tertiary/aromatic N) is 2. The molecule has 1 atom stereocenters. The van der Waals surface area contributed by atoms with Gasteiger partial charge in [0.25, 0.3) is 0 Å². The van der Waals surface area contributed by atoms with Crippen molar-refractivity contribution in [2.45, 2.75) is 26.8 Å². The summed E-state index contributed by atoms with van der Waals surface area (Å²) < 4.78 is 10.9. The van der Waals surface area contributed by atoms with Crippen LogP contribution in [0.3, 0.4) is 0 Å². The van der Waals surface area contributed by atoms with Gasteiger partial charge in [-0.3, -0.25) is 9.69 Å². The molecule has 5 heteroatoms. The third kappa shape index (κ3) is 3.99. The number of piperazine rings is 1. The van der Waals surface area contributed by atoms with Crippen molar-refractivity contribution in [2.24, 2.45) is 0 Å².